The number of nitrogens with one attached hydrogen (secondary N) is 1. The summed E-state index contributed by atoms with van der Waals surface area (Å²) in [7, 11) is 0. The number of aromatic nitrogens is 4. The van der Waals surface area contributed by atoms with E-state index in [0.29, 0.717) is 16.9 Å². The summed E-state index contributed by atoms with van der Waals surface area (Å²) in [5, 5.41) is 5.62. The summed E-state index contributed by atoms with van der Waals surface area (Å²) in [4.78, 5) is 21.5. The third-order valence-corrected chi connectivity index (χ3v) is 5.68. The van der Waals surface area contributed by atoms with Gasteiger partial charge in [0, 0.05) is 28.4 Å². The van der Waals surface area contributed by atoms with Crippen LogP contribution in [-0.4, -0.2) is 19.6 Å². The molecule has 4 heterocycles. The first-order valence-electron chi connectivity index (χ1n) is 10.3. The second kappa shape index (κ2) is 7.06. The Labute approximate surface area is 182 Å². The minimum absolute atomic E-state index is 0.194. The SMILES string of the molecule is Cc1[nH]c2c(-c3ccccc3)c(-c3ccccc3)nn2c(=O)c1-c1cnc2occc2c1. The van der Waals surface area contributed by atoms with Crippen LogP contribution in [-0.2, 0) is 0 Å². The number of hydrogen-bond donors (Lipinski definition) is 1. The Balaban J connectivity index is 1.68. The summed E-state index contributed by atoms with van der Waals surface area (Å²) >= 11 is 0. The van der Waals surface area contributed by atoms with Crippen LogP contribution in [0.25, 0.3) is 50.3 Å². The highest BCUT2D eigenvalue weighted by Gasteiger charge is 2.21. The number of hydrogen-bond acceptors (Lipinski definition) is 4. The molecule has 1 N–H and O–H groups in total. The van der Waals surface area contributed by atoms with Gasteiger partial charge >= 0.3 is 0 Å². The van der Waals surface area contributed by atoms with Gasteiger partial charge in [-0.05, 0) is 24.6 Å². The molecule has 4 aromatic heterocycles. The monoisotopic (exact) mass is 418 g/mol. The second-order valence-corrected chi connectivity index (χ2v) is 7.69. The molecule has 0 bridgehead atoms. The molecule has 0 saturated carbocycles. The summed E-state index contributed by atoms with van der Waals surface area (Å²) in [5.74, 6) is 0. The molecule has 154 valence electrons. The van der Waals surface area contributed by atoms with Crippen molar-refractivity contribution in [1.29, 1.82) is 0 Å². The predicted molar refractivity (Wildman–Crippen MR) is 124 cm³/mol. The van der Waals surface area contributed by atoms with Crippen molar-refractivity contribution in [1.82, 2.24) is 19.6 Å². The standard InChI is InChI=1S/C26H18N4O2/c1-16-21(20-14-19-12-13-32-25(19)27-15-20)26(31)30-24(28-16)22(17-8-4-2-5-9-17)23(29-30)18-10-6-3-7-11-18/h2-15,28H,1H3. The maximum Gasteiger partial charge on any atom is 0.282 e. The second-order valence-electron chi connectivity index (χ2n) is 7.69. The third-order valence-electron chi connectivity index (χ3n) is 5.68. The predicted octanol–water partition coefficient (Wildman–Crippen LogP) is 5.47. The molecule has 6 rings (SSSR count). The zero-order chi connectivity index (χ0) is 21.7. The highest BCUT2D eigenvalue weighted by molar-refractivity contribution is 5.91. The van der Waals surface area contributed by atoms with Crippen LogP contribution in [0.2, 0.25) is 0 Å². The summed E-state index contributed by atoms with van der Waals surface area (Å²) in [6, 6.07) is 23.7. The minimum Gasteiger partial charge on any atom is -0.446 e. The third kappa shape index (κ3) is 2.77. The smallest absolute Gasteiger partial charge is 0.282 e. The van der Waals surface area contributed by atoms with Gasteiger partial charge in [0.25, 0.3) is 5.56 Å². The Morgan fingerprint density at radius 2 is 1.59 bits per heavy atom. The fourth-order valence-electron chi connectivity index (χ4n) is 4.20. The van der Waals surface area contributed by atoms with Crippen molar-refractivity contribution in [3.63, 3.8) is 0 Å². The van der Waals surface area contributed by atoms with Crippen LogP contribution in [0, 0.1) is 6.92 Å². The lowest BCUT2D eigenvalue weighted by molar-refractivity contribution is 0.603. The molecule has 2 aromatic carbocycles. The molecule has 6 aromatic rings. The molecular weight excluding hydrogens is 400 g/mol. The molecule has 0 spiro atoms. The minimum atomic E-state index is -0.194. The highest BCUT2D eigenvalue weighted by atomic mass is 16.3. The molecule has 0 unspecified atom stereocenters. The molecule has 0 aliphatic rings. The van der Waals surface area contributed by atoms with E-state index in [1.807, 2.05) is 79.7 Å². The van der Waals surface area contributed by atoms with Crippen molar-refractivity contribution in [2.45, 2.75) is 6.92 Å². The number of aryl methyl sites for hydroxylation is 1. The molecule has 32 heavy (non-hydrogen) atoms. The zero-order valence-corrected chi connectivity index (χ0v) is 17.2. The van der Waals surface area contributed by atoms with E-state index < -0.39 is 0 Å². The van der Waals surface area contributed by atoms with Crippen LogP contribution in [0.3, 0.4) is 0 Å². The van der Waals surface area contributed by atoms with Crippen molar-refractivity contribution in [3.8, 4) is 33.5 Å². The van der Waals surface area contributed by atoms with Crippen molar-refractivity contribution in [2.75, 3.05) is 0 Å². The van der Waals surface area contributed by atoms with Crippen LogP contribution in [0.1, 0.15) is 5.69 Å². The van der Waals surface area contributed by atoms with Crippen molar-refractivity contribution >= 4 is 16.7 Å². The number of aromatic amines is 1. The van der Waals surface area contributed by atoms with E-state index in [1.165, 1.54) is 4.52 Å². The first-order chi connectivity index (χ1) is 15.7. The van der Waals surface area contributed by atoms with Crippen LogP contribution < -0.4 is 5.56 Å². The number of rotatable bonds is 3. The van der Waals surface area contributed by atoms with E-state index in [4.69, 9.17) is 9.52 Å². The Morgan fingerprint density at radius 1 is 0.875 bits per heavy atom. The number of pyridine rings is 1. The number of benzene rings is 2. The lowest BCUT2D eigenvalue weighted by Gasteiger charge is -2.08. The van der Waals surface area contributed by atoms with Gasteiger partial charge in [0.15, 0.2) is 0 Å². The highest BCUT2D eigenvalue weighted by Crippen LogP contribution is 2.34. The average molecular weight is 418 g/mol. The van der Waals surface area contributed by atoms with Crippen molar-refractivity contribution in [3.05, 3.63) is 101 Å². The molecule has 0 radical (unpaired) electrons. The summed E-state index contributed by atoms with van der Waals surface area (Å²) < 4.78 is 6.81. The van der Waals surface area contributed by atoms with Gasteiger partial charge in [0.1, 0.15) is 11.3 Å². The van der Waals surface area contributed by atoms with E-state index in [2.05, 4.69) is 9.97 Å². The van der Waals surface area contributed by atoms with E-state index in [0.717, 1.165) is 39.0 Å². The zero-order valence-electron chi connectivity index (χ0n) is 17.2. The fourth-order valence-corrected chi connectivity index (χ4v) is 4.20. The lowest BCUT2D eigenvalue weighted by Crippen LogP contribution is -2.19. The molecule has 0 aliphatic carbocycles. The fraction of sp³-hybridized carbons (Fsp3) is 0.0385. The summed E-state index contributed by atoms with van der Waals surface area (Å²) in [5.41, 5.74) is 6.61. The molecule has 0 atom stereocenters. The van der Waals surface area contributed by atoms with Gasteiger partial charge in [-0.3, -0.25) is 4.79 Å². The Hall–Kier alpha value is -4.45. The quantitative estimate of drug-likeness (QED) is 0.413. The van der Waals surface area contributed by atoms with Gasteiger partial charge in [-0.2, -0.15) is 9.61 Å². The Morgan fingerprint density at radius 3 is 2.34 bits per heavy atom. The Kier molecular flexibility index (Phi) is 4.04. The van der Waals surface area contributed by atoms with Gasteiger partial charge in [-0.15, -0.1) is 0 Å². The molecule has 0 aliphatic heterocycles. The van der Waals surface area contributed by atoms with E-state index >= 15 is 0 Å². The van der Waals surface area contributed by atoms with Crippen LogP contribution >= 0.6 is 0 Å². The maximum atomic E-state index is 13.7. The molecule has 6 nitrogen and oxygen atoms in total. The first kappa shape index (κ1) is 18.3. The van der Waals surface area contributed by atoms with Crippen LogP contribution in [0.15, 0.2) is 94.5 Å². The van der Waals surface area contributed by atoms with E-state index in [1.54, 1.807) is 12.5 Å². The Bertz CT molecular complexity index is 1640. The van der Waals surface area contributed by atoms with Gasteiger partial charge < -0.3 is 9.40 Å². The first-order valence-corrected chi connectivity index (χ1v) is 10.3. The maximum absolute atomic E-state index is 13.7. The van der Waals surface area contributed by atoms with E-state index in [9.17, 15) is 4.79 Å². The summed E-state index contributed by atoms with van der Waals surface area (Å²) in [6.45, 7) is 1.90. The number of fused-ring (bicyclic) bond motifs is 2. The number of H-pyrrole nitrogens is 1. The van der Waals surface area contributed by atoms with Gasteiger partial charge in [0.05, 0.1) is 17.4 Å². The average Bonchev–Trinajstić information content (AvgIpc) is 3.45. The van der Waals surface area contributed by atoms with Crippen molar-refractivity contribution in [2.24, 2.45) is 0 Å². The van der Waals surface area contributed by atoms with Gasteiger partial charge in [-0.25, -0.2) is 4.98 Å². The van der Waals surface area contributed by atoms with Gasteiger partial charge in [0.2, 0.25) is 5.71 Å². The van der Waals surface area contributed by atoms with Crippen LogP contribution in [0.4, 0.5) is 0 Å². The normalized spacial score (nSPS) is 11.4. The summed E-state index contributed by atoms with van der Waals surface area (Å²) in [6.07, 6.45) is 3.25. The molecule has 6 heteroatoms. The lowest BCUT2D eigenvalue weighted by atomic mass is 10.0. The van der Waals surface area contributed by atoms with E-state index in [-0.39, 0.29) is 5.56 Å². The number of furan rings is 1. The van der Waals surface area contributed by atoms with Gasteiger partial charge in [-0.1, -0.05) is 60.7 Å². The van der Waals surface area contributed by atoms with Crippen molar-refractivity contribution < 1.29 is 4.42 Å². The molecule has 0 amide bonds. The topological polar surface area (TPSA) is 76.2 Å². The largest absolute Gasteiger partial charge is 0.446 e. The molecular formula is C26H18N4O2. The molecule has 0 saturated heterocycles. The number of nitrogens with zero attached hydrogens (tertiary/aromatic N) is 3. The molecule has 0 fully saturated rings. The van der Waals surface area contributed by atoms with Crippen LogP contribution in [0.5, 0.6) is 0 Å².